The number of aryl methyl sites for hydroxylation is 1. The Morgan fingerprint density at radius 3 is 2.70 bits per heavy atom. The first-order valence-electron chi connectivity index (χ1n) is 15.0. The van der Waals surface area contributed by atoms with Crippen LogP contribution in [-0.4, -0.2) is 76.4 Å². The smallest absolute Gasteiger partial charge is 0.418 e. The summed E-state index contributed by atoms with van der Waals surface area (Å²) in [5.74, 6) is -0.900. The number of hydrogen-bond acceptors (Lipinski definition) is 8. The minimum Gasteiger partial charge on any atom is -0.461 e. The van der Waals surface area contributed by atoms with Gasteiger partial charge in [0.15, 0.2) is 5.82 Å². The molecular formula is C30H33ClF5N7O. The average molecular weight is 638 g/mol. The molecule has 0 saturated carbocycles. The Hall–Kier alpha value is -3.03. The summed E-state index contributed by atoms with van der Waals surface area (Å²) in [6.07, 6.45) is -0.938. The second-order valence-corrected chi connectivity index (χ2v) is 13.0. The largest absolute Gasteiger partial charge is 0.461 e. The second kappa shape index (κ2) is 10.8. The highest BCUT2D eigenvalue weighted by atomic mass is 35.5. The van der Waals surface area contributed by atoms with Crippen molar-refractivity contribution in [3.63, 3.8) is 0 Å². The van der Waals surface area contributed by atoms with Gasteiger partial charge in [-0.25, -0.2) is 13.8 Å². The number of rotatable bonds is 5. The van der Waals surface area contributed by atoms with Gasteiger partial charge in [0.05, 0.1) is 27.4 Å². The summed E-state index contributed by atoms with van der Waals surface area (Å²) in [6, 6.07) is 2.92. The quantitative estimate of drug-likeness (QED) is 0.346. The van der Waals surface area contributed by atoms with E-state index in [2.05, 4.69) is 20.2 Å². The summed E-state index contributed by atoms with van der Waals surface area (Å²) in [6.45, 7) is 3.67. The first-order valence-corrected chi connectivity index (χ1v) is 15.4. The van der Waals surface area contributed by atoms with Crippen LogP contribution in [0, 0.1) is 12.7 Å². The van der Waals surface area contributed by atoms with Gasteiger partial charge in [0.2, 0.25) is 0 Å². The van der Waals surface area contributed by atoms with Gasteiger partial charge in [-0.05, 0) is 63.3 Å². The first-order chi connectivity index (χ1) is 20.9. The molecule has 236 valence electrons. The molecular weight excluding hydrogens is 605 g/mol. The molecule has 4 aliphatic rings. The molecule has 3 N–H and O–H groups in total. The van der Waals surface area contributed by atoms with Crippen LogP contribution in [-0.2, 0) is 6.18 Å². The number of hydrogen-bond donors (Lipinski definition) is 2. The van der Waals surface area contributed by atoms with Crippen LogP contribution in [0.4, 0.5) is 33.6 Å². The fraction of sp³-hybridized carbons (Fsp3) is 0.567. The highest BCUT2D eigenvalue weighted by Gasteiger charge is 2.49. The van der Waals surface area contributed by atoms with Crippen molar-refractivity contribution >= 4 is 34.1 Å². The molecule has 4 atom stereocenters. The van der Waals surface area contributed by atoms with E-state index in [4.69, 9.17) is 27.1 Å². The van der Waals surface area contributed by atoms with Gasteiger partial charge in [0.25, 0.3) is 0 Å². The number of nitrogens with zero attached hydrogens (tertiary/aromatic N) is 5. The number of fused-ring (bicyclic) bond motifs is 4. The zero-order valence-electron chi connectivity index (χ0n) is 24.2. The molecule has 3 aromatic rings. The van der Waals surface area contributed by atoms with E-state index in [1.165, 1.54) is 13.0 Å². The Balaban J connectivity index is 1.37. The van der Waals surface area contributed by atoms with Crippen LogP contribution in [0.2, 0.25) is 5.02 Å². The van der Waals surface area contributed by atoms with E-state index in [1.54, 1.807) is 0 Å². The lowest BCUT2D eigenvalue weighted by Gasteiger charge is -2.31. The van der Waals surface area contributed by atoms with Crippen molar-refractivity contribution in [3.8, 4) is 17.3 Å². The van der Waals surface area contributed by atoms with Crippen LogP contribution in [0.15, 0.2) is 12.1 Å². The highest BCUT2D eigenvalue weighted by Crippen LogP contribution is 2.45. The Morgan fingerprint density at radius 1 is 1.11 bits per heavy atom. The van der Waals surface area contributed by atoms with E-state index in [0.29, 0.717) is 37.9 Å². The molecule has 14 heteroatoms. The van der Waals surface area contributed by atoms with Gasteiger partial charge >= 0.3 is 12.2 Å². The number of nitrogens with two attached hydrogens (primary N) is 1. The van der Waals surface area contributed by atoms with E-state index in [-0.39, 0.29) is 46.0 Å². The van der Waals surface area contributed by atoms with Crippen molar-refractivity contribution in [1.29, 1.82) is 0 Å². The number of nitrogen functional groups attached to an aromatic ring is 1. The van der Waals surface area contributed by atoms with Gasteiger partial charge in [-0.15, -0.1) is 0 Å². The van der Waals surface area contributed by atoms with E-state index >= 15 is 4.39 Å². The Labute approximate surface area is 256 Å². The lowest BCUT2D eigenvalue weighted by molar-refractivity contribution is -0.137. The van der Waals surface area contributed by atoms with Crippen molar-refractivity contribution in [3.05, 3.63) is 34.1 Å². The number of ether oxygens (including phenoxy) is 1. The van der Waals surface area contributed by atoms with Gasteiger partial charge in [0, 0.05) is 43.5 Å². The first kappa shape index (κ1) is 29.7. The molecule has 0 aliphatic carbocycles. The number of halogens is 6. The molecule has 4 saturated heterocycles. The monoisotopic (exact) mass is 637 g/mol. The van der Waals surface area contributed by atoms with Crippen LogP contribution in [0.25, 0.3) is 22.2 Å². The van der Waals surface area contributed by atoms with Crippen molar-refractivity contribution in [2.75, 3.05) is 43.4 Å². The van der Waals surface area contributed by atoms with E-state index in [9.17, 15) is 17.6 Å². The van der Waals surface area contributed by atoms with Gasteiger partial charge in [-0.2, -0.15) is 23.1 Å². The van der Waals surface area contributed by atoms with E-state index in [0.717, 1.165) is 44.7 Å². The normalized spacial score (nSPS) is 27.2. The number of anilines is 2. The summed E-state index contributed by atoms with van der Waals surface area (Å²) in [5.41, 5.74) is 2.49. The zero-order valence-corrected chi connectivity index (χ0v) is 24.9. The third-order valence-electron chi connectivity index (χ3n) is 9.65. The maximum absolute atomic E-state index is 16.6. The van der Waals surface area contributed by atoms with Crippen LogP contribution in [0.5, 0.6) is 6.01 Å². The van der Waals surface area contributed by atoms with E-state index < -0.39 is 40.5 Å². The molecule has 1 aromatic carbocycles. The summed E-state index contributed by atoms with van der Waals surface area (Å²) >= 11 is 6.59. The Kier molecular flexibility index (Phi) is 7.28. The molecule has 7 rings (SSSR count). The summed E-state index contributed by atoms with van der Waals surface area (Å²) in [7, 11) is 0. The molecule has 44 heavy (non-hydrogen) atoms. The summed E-state index contributed by atoms with van der Waals surface area (Å²) in [5, 5.41) is 3.59. The SMILES string of the molecule is Cc1cc(N)nc(-c2c(Cl)cc3c(N4CC[C@H]5CC[C@@H](C4)N5)nc(OC[C@@]45CCCN4C[C@@H](F)C5)nc3c2F)c1C(F)(F)F. The van der Waals surface area contributed by atoms with E-state index in [1.807, 2.05) is 4.90 Å². The standard InChI is InChI=1S/C30H33ClF5N7O/c1-15-9-21(37)39-26(23(15)30(34,35)36)22-20(31)10-19-25(24(22)33)40-28(44-14-29-6-2-7-43(29)12-16(32)11-29)41-27(19)42-8-5-17-3-4-18(13-42)38-17/h9-10,16-18,38H,2-8,11-14H2,1H3,(H2,37,39)/t16-,17+,18-,29-/m0/s1. The highest BCUT2D eigenvalue weighted by molar-refractivity contribution is 6.34. The van der Waals surface area contributed by atoms with Gasteiger partial charge in [-0.3, -0.25) is 4.90 Å². The number of aromatic nitrogens is 3. The van der Waals surface area contributed by atoms with Gasteiger partial charge in [0.1, 0.15) is 29.9 Å². The number of pyridine rings is 1. The number of nitrogens with one attached hydrogen (secondary N) is 1. The molecule has 0 spiro atoms. The Bertz CT molecular complexity index is 1620. The van der Waals surface area contributed by atoms with Crippen molar-refractivity contribution in [2.45, 2.75) is 75.4 Å². The third kappa shape index (κ3) is 5.10. The second-order valence-electron chi connectivity index (χ2n) is 12.6. The van der Waals surface area contributed by atoms with Crippen LogP contribution >= 0.6 is 11.6 Å². The van der Waals surface area contributed by atoms with Crippen LogP contribution in [0.3, 0.4) is 0 Å². The van der Waals surface area contributed by atoms with Crippen molar-refractivity contribution in [1.82, 2.24) is 25.2 Å². The number of alkyl halides is 4. The molecule has 0 radical (unpaired) electrons. The minimum absolute atomic E-state index is 0.112. The average Bonchev–Trinajstić information content (AvgIpc) is 3.57. The minimum atomic E-state index is -4.85. The molecule has 0 amide bonds. The van der Waals surface area contributed by atoms with Crippen LogP contribution < -0.4 is 20.7 Å². The predicted octanol–water partition coefficient (Wildman–Crippen LogP) is 5.68. The van der Waals surface area contributed by atoms with Crippen molar-refractivity contribution in [2.24, 2.45) is 0 Å². The fourth-order valence-corrected chi connectivity index (χ4v) is 7.98. The fourth-order valence-electron chi connectivity index (χ4n) is 7.70. The number of benzene rings is 1. The summed E-state index contributed by atoms with van der Waals surface area (Å²) < 4.78 is 79.9. The maximum Gasteiger partial charge on any atom is 0.418 e. The lowest BCUT2D eigenvalue weighted by Crippen LogP contribution is -2.43. The van der Waals surface area contributed by atoms with Gasteiger partial charge in [-0.1, -0.05) is 11.6 Å². The predicted molar refractivity (Wildman–Crippen MR) is 157 cm³/mol. The zero-order chi connectivity index (χ0) is 31.0. The molecule has 6 heterocycles. The molecule has 2 bridgehead atoms. The molecule has 4 aliphatic heterocycles. The Morgan fingerprint density at radius 2 is 1.91 bits per heavy atom. The molecule has 4 fully saturated rings. The molecule has 0 unspecified atom stereocenters. The maximum atomic E-state index is 16.6. The summed E-state index contributed by atoms with van der Waals surface area (Å²) in [4.78, 5) is 17.1. The van der Waals surface area contributed by atoms with Crippen LogP contribution in [0.1, 0.15) is 49.7 Å². The van der Waals surface area contributed by atoms with Crippen molar-refractivity contribution < 1.29 is 26.7 Å². The molecule has 2 aromatic heterocycles. The lowest BCUT2D eigenvalue weighted by atomic mass is 9.95. The molecule has 8 nitrogen and oxygen atoms in total. The van der Waals surface area contributed by atoms with Gasteiger partial charge < -0.3 is 20.7 Å². The third-order valence-corrected chi connectivity index (χ3v) is 9.95. The topological polar surface area (TPSA) is 92.4 Å².